The number of aliphatic imine (C=N–C) groups is 1. The summed E-state index contributed by atoms with van der Waals surface area (Å²) in [5.74, 6) is 0.540. The molecule has 144 valence electrons. The van der Waals surface area contributed by atoms with Gasteiger partial charge in [0.15, 0.2) is 5.96 Å². The van der Waals surface area contributed by atoms with E-state index in [0.29, 0.717) is 5.96 Å². The molecule has 1 aliphatic rings. The van der Waals surface area contributed by atoms with Crippen LogP contribution in [0.2, 0.25) is 0 Å². The Morgan fingerprint density at radius 2 is 2.15 bits per heavy atom. The molecule has 0 amide bonds. The number of morpholine rings is 1. The van der Waals surface area contributed by atoms with Crippen molar-refractivity contribution in [3.05, 3.63) is 35.5 Å². The van der Waals surface area contributed by atoms with Gasteiger partial charge in [-0.25, -0.2) is 0 Å². The first kappa shape index (κ1) is 21.0. The minimum Gasteiger partial charge on any atom is -0.379 e. The van der Waals surface area contributed by atoms with Gasteiger partial charge in [-0.05, 0) is 37.0 Å². The number of H-pyrrole nitrogens is 1. The summed E-state index contributed by atoms with van der Waals surface area (Å²) in [4.78, 5) is 10.2. The number of hydrogen-bond donors (Lipinski definition) is 3. The van der Waals surface area contributed by atoms with E-state index in [1.807, 2.05) is 0 Å². The number of nitrogens with zero attached hydrogens (tertiary/aromatic N) is 2. The number of aryl methyl sites for hydroxylation is 1. The van der Waals surface area contributed by atoms with Gasteiger partial charge in [-0.2, -0.15) is 0 Å². The highest BCUT2D eigenvalue weighted by molar-refractivity contribution is 14.0. The van der Waals surface area contributed by atoms with Crippen molar-refractivity contribution >= 4 is 40.8 Å². The summed E-state index contributed by atoms with van der Waals surface area (Å²) >= 11 is 0. The van der Waals surface area contributed by atoms with E-state index in [9.17, 15) is 0 Å². The third-order valence-electron chi connectivity index (χ3n) is 4.71. The number of guanidine groups is 1. The van der Waals surface area contributed by atoms with Crippen molar-refractivity contribution in [2.24, 2.45) is 10.7 Å². The van der Waals surface area contributed by atoms with Crippen LogP contribution in [0.5, 0.6) is 0 Å². The second-order valence-electron chi connectivity index (χ2n) is 6.56. The predicted molar refractivity (Wildman–Crippen MR) is 119 cm³/mol. The predicted octanol–water partition coefficient (Wildman–Crippen LogP) is 2.26. The molecule has 0 spiro atoms. The zero-order valence-corrected chi connectivity index (χ0v) is 17.8. The largest absolute Gasteiger partial charge is 0.379 e. The van der Waals surface area contributed by atoms with Gasteiger partial charge in [-0.3, -0.25) is 9.89 Å². The minimum absolute atomic E-state index is 0. The number of halogens is 1. The van der Waals surface area contributed by atoms with Crippen LogP contribution in [-0.4, -0.2) is 61.8 Å². The average molecular weight is 471 g/mol. The molecular weight excluding hydrogens is 441 g/mol. The number of nitrogens with two attached hydrogens (primary N) is 1. The summed E-state index contributed by atoms with van der Waals surface area (Å²) in [6.07, 6.45) is 4.05. The summed E-state index contributed by atoms with van der Waals surface area (Å²) in [6.45, 7) is 8.53. The number of rotatable bonds is 7. The monoisotopic (exact) mass is 471 g/mol. The SMILES string of the molecule is Cc1cccc2[nH]cc(CCNC(N)=NCCCN3CCOCC3)c12.I. The van der Waals surface area contributed by atoms with Gasteiger partial charge in [0.1, 0.15) is 0 Å². The highest BCUT2D eigenvalue weighted by Gasteiger charge is 2.09. The summed E-state index contributed by atoms with van der Waals surface area (Å²) < 4.78 is 5.35. The fraction of sp³-hybridized carbons (Fsp3) is 0.526. The van der Waals surface area contributed by atoms with Crippen molar-refractivity contribution in [2.45, 2.75) is 19.8 Å². The second kappa shape index (κ2) is 10.7. The van der Waals surface area contributed by atoms with E-state index >= 15 is 0 Å². The maximum atomic E-state index is 5.97. The number of fused-ring (bicyclic) bond motifs is 1. The lowest BCUT2D eigenvalue weighted by Crippen LogP contribution is -2.37. The Balaban J connectivity index is 0.00000243. The molecule has 2 aromatic rings. The molecule has 0 atom stereocenters. The lowest BCUT2D eigenvalue weighted by atomic mass is 10.1. The van der Waals surface area contributed by atoms with Crippen LogP contribution < -0.4 is 11.1 Å². The number of benzene rings is 1. The third-order valence-corrected chi connectivity index (χ3v) is 4.71. The van der Waals surface area contributed by atoms with E-state index < -0.39 is 0 Å². The average Bonchev–Trinajstić information content (AvgIpc) is 3.04. The maximum Gasteiger partial charge on any atom is 0.188 e. The van der Waals surface area contributed by atoms with Gasteiger partial charge in [0.25, 0.3) is 0 Å². The van der Waals surface area contributed by atoms with Gasteiger partial charge in [-0.1, -0.05) is 12.1 Å². The Labute approximate surface area is 172 Å². The van der Waals surface area contributed by atoms with Crippen LogP contribution in [0.15, 0.2) is 29.4 Å². The van der Waals surface area contributed by atoms with Crippen LogP contribution in [0.4, 0.5) is 0 Å². The van der Waals surface area contributed by atoms with Crippen molar-refractivity contribution in [1.82, 2.24) is 15.2 Å². The fourth-order valence-corrected chi connectivity index (χ4v) is 3.35. The third kappa shape index (κ3) is 5.85. The standard InChI is InChI=1S/C19H29N5O.HI/c1-15-4-2-5-17-18(15)16(14-23-17)6-8-22-19(20)21-7-3-9-24-10-12-25-13-11-24;/h2,4-5,14,23H,3,6-13H2,1H3,(H3,20,21,22);1H. The number of nitrogens with one attached hydrogen (secondary N) is 2. The van der Waals surface area contributed by atoms with Crippen LogP contribution in [0.3, 0.4) is 0 Å². The highest BCUT2D eigenvalue weighted by Crippen LogP contribution is 2.22. The Hall–Kier alpha value is -1.32. The zero-order chi connectivity index (χ0) is 17.5. The molecule has 7 heteroatoms. The Kier molecular flexibility index (Phi) is 8.67. The molecule has 1 aromatic carbocycles. The minimum atomic E-state index is 0. The topological polar surface area (TPSA) is 78.7 Å². The van der Waals surface area contributed by atoms with E-state index in [0.717, 1.165) is 58.8 Å². The van der Waals surface area contributed by atoms with E-state index in [2.05, 4.69) is 51.5 Å². The molecule has 0 unspecified atom stereocenters. The molecule has 2 heterocycles. The lowest BCUT2D eigenvalue weighted by molar-refractivity contribution is 0.0377. The Morgan fingerprint density at radius 1 is 1.35 bits per heavy atom. The van der Waals surface area contributed by atoms with E-state index in [1.165, 1.54) is 22.0 Å². The molecule has 1 fully saturated rings. The molecule has 0 bridgehead atoms. The first-order chi connectivity index (χ1) is 12.2. The van der Waals surface area contributed by atoms with E-state index in [1.54, 1.807) is 0 Å². The first-order valence-electron chi connectivity index (χ1n) is 9.13. The zero-order valence-electron chi connectivity index (χ0n) is 15.5. The Morgan fingerprint density at radius 3 is 2.96 bits per heavy atom. The molecule has 1 aromatic heterocycles. The molecule has 3 rings (SSSR count). The number of aromatic amines is 1. The number of aromatic nitrogens is 1. The van der Waals surface area contributed by atoms with Crippen LogP contribution in [0, 0.1) is 6.92 Å². The Bertz CT molecular complexity index is 709. The molecule has 0 radical (unpaired) electrons. The van der Waals surface area contributed by atoms with Crippen molar-refractivity contribution in [3.63, 3.8) is 0 Å². The van der Waals surface area contributed by atoms with Crippen LogP contribution in [0.1, 0.15) is 17.5 Å². The van der Waals surface area contributed by atoms with Crippen molar-refractivity contribution in [2.75, 3.05) is 45.9 Å². The van der Waals surface area contributed by atoms with Crippen LogP contribution in [-0.2, 0) is 11.2 Å². The van der Waals surface area contributed by atoms with E-state index in [-0.39, 0.29) is 24.0 Å². The molecule has 1 saturated heterocycles. The number of hydrogen-bond acceptors (Lipinski definition) is 3. The molecule has 0 saturated carbocycles. The van der Waals surface area contributed by atoms with Crippen molar-refractivity contribution in [3.8, 4) is 0 Å². The summed E-state index contributed by atoms with van der Waals surface area (Å²) in [5.41, 5.74) is 9.79. The van der Waals surface area contributed by atoms with Gasteiger partial charge in [0.05, 0.1) is 13.2 Å². The lowest BCUT2D eigenvalue weighted by Gasteiger charge is -2.26. The second-order valence-corrected chi connectivity index (χ2v) is 6.56. The van der Waals surface area contributed by atoms with Gasteiger partial charge in [0, 0.05) is 49.8 Å². The molecular formula is C19H30IN5O. The normalized spacial score (nSPS) is 15.8. The molecule has 26 heavy (non-hydrogen) atoms. The van der Waals surface area contributed by atoms with Gasteiger partial charge in [-0.15, -0.1) is 24.0 Å². The van der Waals surface area contributed by atoms with Crippen molar-refractivity contribution < 1.29 is 4.74 Å². The first-order valence-corrected chi connectivity index (χ1v) is 9.13. The quantitative estimate of drug-likeness (QED) is 0.251. The van der Waals surface area contributed by atoms with Crippen LogP contribution >= 0.6 is 24.0 Å². The van der Waals surface area contributed by atoms with E-state index in [4.69, 9.17) is 10.5 Å². The highest BCUT2D eigenvalue weighted by atomic mass is 127. The van der Waals surface area contributed by atoms with Crippen LogP contribution in [0.25, 0.3) is 10.9 Å². The summed E-state index contributed by atoms with van der Waals surface area (Å²) in [5, 5.41) is 4.55. The number of ether oxygens (including phenoxy) is 1. The smallest absolute Gasteiger partial charge is 0.188 e. The molecule has 4 N–H and O–H groups in total. The summed E-state index contributed by atoms with van der Waals surface area (Å²) in [7, 11) is 0. The fourth-order valence-electron chi connectivity index (χ4n) is 3.35. The van der Waals surface area contributed by atoms with Gasteiger partial charge < -0.3 is 20.8 Å². The van der Waals surface area contributed by atoms with Gasteiger partial charge >= 0.3 is 0 Å². The van der Waals surface area contributed by atoms with Gasteiger partial charge in [0.2, 0.25) is 0 Å². The summed E-state index contributed by atoms with van der Waals surface area (Å²) in [6, 6.07) is 6.35. The van der Waals surface area contributed by atoms with Crippen molar-refractivity contribution in [1.29, 1.82) is 0 Å². The molecule has 6 nitrogen and oxygen atoms in total. The molecule has 0 aliphatic carbocycles. The maximum absolute atomic E-state index is 5.97. The molecule has 1 aliphatic heterocycles.